The Morgan fingerprint density at radius 2 is 1.71 bits per heavy atom. The van der Waals surface area contributed by atoms with Gasteiger partial charge in [-0.25, -0.2) is 4.79 Å². The van der Waals surface area contributed by atoms with Gasteiger partial charge in [0.25, 0.3) is 0 Å². The summed E-state index contributed by atoms with van der Waals surface area (Å²) in [5.41, 5.74) is 0.690. The third-order valence-electron chi connectivity index (χ3n) is 6.07. The largest absolute Gasteiger partial charge is 0.478 e. The third kappa shape index (κ3) is 5.21. The van der Waals surface area contributed by atoms with Crippen molar-refractivity contribution >= 4 is 11.8 Å². The van der Waals surface area contributed by atoms with Gasteiger partial charge in [0, 0.05) is 6.54 Å². The van der Waals surface area contributed by atoms with Gasteiger partial charge >= 0.3 is 12.1 Å². The second-order valence-electron chi connectivity index (χ2n) is 8.40. The van der Waals surface area contributed by atoms with Crippen molar-refractivity contribution in [1.29, 1.82) is 5.41 Å². The summed E-state index contributed by atoms with van der Waals surface area (Å²) < 4.78 is 44.4. The SMILES string of the molecule is C=CN(Cc1ccc(C(=O)O)cc1)C(=N)C1(c2ccc(Oc3cccc(C(F)(F)F)c3)cc2)CC1. The van der Waals surface area contributed by atoms with Crippen LogP contribution in [0.25, 0.3) is 0 Å². The van der Waals surface area contributed by atoms with E-state index in [2.05, 4.69) is 6.58 Å². The number of carboxylic acids is 1. The highest BCUT2D eigenvalue weighted by Crippen LogP contribution is 2.50. The van der Waals surface area contributed by atoms with Crippen LogP contribution in [0.5, 0.6) is 11.5 Å². The van der Waals surface area contributed by atoms with E-state index in [-0.39, 0.29) is 11.3 Å². The van der Waals surface area contributed by atoms with Crippen molar-refractivity contribution < 1.29 is 27.8 Å². The maximum atomic E-state index is 12.9. The summed E-state index contributed by atoms with van der Waals surface area (Å²) in [5, 5.41) is 17.9. The molecule has 3 aromatic carbocycles. The summed E-state index contributed by atoms with van der Waals surface area (Å²) in [7, 11) is 0. The molecule has 2 N–H and O–H groups in total. The quantitative estimate of drug-likeness (QED) is 0.273. The third-order valence-corrected chi connectivity index (χ3v) is 6.07. The van der Waals surface area contributed by atoms with Crippen molar-refractivity contribution in [3.63, 3.8) is 0 Å². The summed E-state index contributed by atoms with van der Waals surface area (Å²) in [6.45, 7) is 4.21. The Labute approximate surface area is 200 Å². The molecule has 0 unspecified atom stereocenters. The normalized spacial score (nSPS) is 14.1. The first-order valence-electron chi connectivity index (χ1n) is 10.9. The molecule has 4 rings (SSSR count). The van der Waals surface area contributed by atoms with E-state index in [1.165, 1.54) is 24.3 Å². The van der Waals surface area contributed by atoms with Crippen LogP contribution in [0, 0.1) is 5.41 Å². The van der Waals surface area contributed by atoms with Gasteiger partial charge in [0.1, 0.15) is 17.3 Å². The summed E-state index contributed by atoms with van der Waals surface area (Å²) >= 11 is 0. The van der Waals surface area contributed by atoms with Crippen molar-refractivity contribution in [3.05, 3.63) is 108 Å². The second-order valence-corrected chi connectivity index (χ2v) is 8.40. The lowest BCUT2D eigenvalue weighted by atomic mass is 9.93. The number of benzene rings is 3. The highest BCUT2D eigenvalue weighted by molar-refractivity contribution is 5.94. The zero-order valence-corrected chi connectivity index (χ0v) is 18.7. The number of nitrogens with zero attached hydrogens (tertiary/aromatic N) is 1. The Bertz CT molecular complexity index is 1250. The van der Waals surface area contributed by atoms with Crippen LogP contribution in [0.1, 0.15) is 39.9 Å². The van der Waals surface area contributed by atoms with Crippen molar-refractivity contribution in [2.24, 2.45) is 0 Å². The van der Waals surface area contributed by atoms with Gasteiger partial charge in [-0.05, 0) is 72.6 Å². The Balaban J connectivity index is 1.47. The first-order valence-corrected chi connectivity index (χ1v) is 10.9. The highest BCUT2D eigenvalue weighted by atomic mass is 19.4. The first-order chi connectivity index (χ1) is 16.6. The second kappa shape index (κ2) is 9.29. The van der Waals surface area contributed by atoms with Crippen LogP contribution < -0.4 is 4.74 Å². The van der Waals surface area contributed by atoms with Crippen LogP contribution in [0.15, 0.2) is 85.6 Å². The smallest absolute Gasteiger partial charge is 0.416 e. The van der Waals surface area contributed by atoms with E-state index in [1.807, 2.05) is 12.1 Å². The van der Waals surface area contributed by atoms with Crippen molar-refractivity contribution in [3.8, 4) is 11.5 Å². The number of carbonyl (C=O) groups is 1. The number of hydrogen-bond acceptors (Lipinski definition) is 3. The predicted molar refractivity (Wildman–Crippen MR) is 126 cm³/mol. The zero-order valence-electron chi connectivity index (χ0n) is 18.7. The summed E-state index contributed by atoms with van der Waals surface area (Å²) in [6, 6.07) is 18.2. The van der Waals surface area contributed by atoms with Gasteiger partial charge in [-0.1, -0.05) is 36.9 Å². The lowest BCUT2D eigenvalue weighted by Gasteiger charge is -2.28. The number of hydrogen-bond donors (Lipinski definition) is 2. The van der Waals surface area contributed by atoms with E-state index in [0.29, 0.717) is 18.1 Å². The van der Waals surface area contributed by atoms with Gasteiger partial charge < -0.3 is 14.7 Å². The molecule has 8 heteroatoms. The van der Waals surface area contributed by atoms with Crippen LogP contribution in [0.4, 0.5) is 13.2 Å². The van der Waals surface area contributed by atoms with Crippen LogP contribution in [-0.2, 0) is 18.1 Å². The molecule has 0 radical (unpaired) electrons. The monoisotopic (exact) mass is 480 g/mol. The number of nitrogens with one attached hydrogen (secondary N) is 1. The molecule has 5 nitrogen and oxygen atoms in total. The number of rotatable bonds is 8. The number of alkyl halides is 3. The Morgan fingerprint density at radius 1 is 1.06 bits per heavy atom. The minimum atomic E-state index is -4.45. The molecule has 180 valence electrons. The Hall–Kier alpha value is -4.07. The fraction of sp³-hybridized carbons (Fsp3) is 0.185. The van der Waals surface area contributed by atoms with Crippen LogP contribution in [0.3, 0.4) is 0 Å². The topological polar surface area (TPSA) is 73.6 Å². The van der Waals surface area contributed by atoms with E-state index < -0.39 is 23.1 Å². The molecule has 1 aliphatic carbocycles. The number of amidine groups is 1. The molecule has 0 aromatic heterocycles. The van der Waals surface area contributed by atoms with Crippen molar-refractivity contribution in [2.45, 2.75) is 31.0 Å². The summed E-state index contributed by atoms with van der Waals surface area (Å²) in [5.74, 6) is -0.133. The summed E-state index contributed by atoms with van der Waals surface area (Å²) in [4.78, 5) is 12.8. The van der Waals surface area contributed by atoms with Gasteiger partial charge in [0.2, 0.25) is 0 Å². The van der Waals surface area contributed by atoms with Crippen LogP contribution in [-0.4, -0.2) is 21.8 Å². The fourth-order valence-electron chi connectivity index (χ4n) is 3.96. The molecule has 0 saturated heterocycles. The molecule has 0 spiro atoms. The molecule has 0 bridgehead atoms. The van der Waals surface area contributed by atoms with Crippen LogP contribution in [0.2, 0.25) is 0 Å². The molecule has 0 aliphatic heterocycles. The lowest BCUT2D eigenvalue weighted by Crippen LogP contribution is -2.34. The van der Waals surface area contributed by atoms with Gasteiger partial charge in [0.15, 0.2) is 0 Å². The maximum Gasteiger partial charge on any atom is 0.416 e. The number of aromatic carboxylic acids is 1. The molecule has 0 heterocycles. The highest BCUT2D eigenvalue weighted by Gasteiger charge is 2.50. The van der Waals surface area contributed by atoms with E-state index in [1.54, 1.807) is 35.4 Å². The average molecular weight is 480 g/mol. The lowest BCUT2D eigenvalue weighted by molar-refractivity contribution is -0.137. The maximum absolute atomic E-state index is 12.9. The Morgan fingerprint density at radius 3 is 2.26 bits per heavy atom. The fourth-order valence-corrected chi connectivity index (χ4v) is 3.96. The molecular formula is C27H23F3N2O3. The van der Waals surface area contributed by atoms with Gasteiger partial charge in [-0.15, -0.1) is 0 Å². The van der Waals surface area contributed by atoms with Gasteiger partial charge in [0.05, 0.1) is 16.5 Å². The van der Waals surface area contributed by atoms with Gasteiger partial charge in [-0.3, -0.25) is 5.41 Å². The number of ether oxygens (including phenoxy) is 1. The molecular weight excluding hydrogens is 457 g/mol. The number of carboxylic acid groups (broad SMARTS) is 1. The molecule has 1 saturated carbocycles. The molecule has 1 aliphatic rings. The van der Waals surface area contributed by atoms with E-state index in [4.69, 9.17) is 15.3 Å². The summed E-state index contributed by atoms with van der Waals surface area (Å²) in [6.07, 6.45) is -1.31. The minimum absolute atomic E-state index is 0.0909. The van der Waals surface area contributed by atoms with Gasteiger partial charge in [-0.2, -0.15) is 13.2 Å². The van der Waals surface area contributed by atoms with E-state index >= 15 is 0 Å². The average Bonchev–Trinajstić information content (AvgIpc) is 3.64. The zero-order chi connectivity index (χ0) is 25.2. The van der Waals surface area contributed by atoms with Crippen molar-refractivity contribution in [2.75, 3.05) is 0 Å². The van der Waals surface area contributed by atoms with E-state index in [9.17, 15) is 18.0 Å². The molecule has 0 amide bonds. The van der Waals surface area contributed by atoms with Crippen molar-refractivity contribution in [1.82, 2.24) is 4.90 Å². The predicted octanol–water partition coefficient (Wildman–Crippen LogP) is 6.85. The molecule has 1 fully saturated rings. The Kier molecular flexibility index (Phi) is 6.39. The minimum Gasteiger partial charge on any atom is -0.478 e. The standard InChI is InChI=1S/C27H23F3N2O3/c1-2-32(17-18-6-8-19(9-7-18)24(33)34)25(31)26(14-15-26)20-10-12-22(13-11-20)35-23-5-3-4-21(16-23)27(28,29)30/h2-13,16,31H,1,14-15,17H2,(H,33,34). The van der Waals surface area contributed by atoms with Crippen LogP contribution >= 0.6 is 0 Å². The first kappa shape index (κ1) is 24.1. The molecule has 3 aromatic rings. The molecule has 35 heavy (non-hydrogen) atoms. The molecule has 0 atom stereocenters. The number of halogens is 3. The van der Waals surface area contributed by atoms with E-state index in [0.717, 1.165) is 36.1 Å².